The Hall–Kier alpha value is -3.55. The van der Waals surface area contributed by atoms with Crippen LogP contribution in [0.25, 0.3) is 0 Å². The summed E-state index contributed by atoms with van der Waals surface area (Å²) in [6.07, 6.45) is 36.7. The summed E-state index contributed by atoms with van der Waals surface area (Å²) in [6, 6.07) is -1.00. The van der Waals surface area contributed by atoms with Crippen molar-refractivity contribution in [3.63, 3.8) is 0 Å². The van der Waals surface area contributed by atoms with E-state index in [1.54, 1.807) is 6.08 Å². The number of hydrogen-bond donors (Lipinski definition) is 12. The predicted molar refractivity (Wildman–Crippen MR) is 332 cm³/mol. The molecule has 1 amide bonds. The van der Waals surface area contributed by atoms with E-state index in [1.807, 2.05) is 6.08 Å². The first-order valence-corrected chi connectivity index (χ1v) is 32.1. The fourth-order valence-electron chi connectivity index (χ4n) is 10.1. The molecule has 0 bridgehead atoms. The minimum absolute atomic E-state index is 0.222. The number of aliphatic hydroxyl groups is 11. The molecule has 3 aliphatic heterocycles. The summed E-state index contributed by atoms with van der Waals surface area (Å²) in [5.74, 6) is -0.300. The normalized spacial score (nSPS) is 29.5. The Labute approximate surface area is 513 Å². The van der Waals surface area contributed by atoms with Crippen molar-refractivity contribution in [3.05, 3.63) is 109 Å². The van der Waals surface area contributed by atoms with E-state index in [4.69, 9.17) is 28.4 Å². The predicted octanol–water partition coefficient (Wildman–Crippen LogP) is 7.10. The van der Waals surface area contributed by atoms with Crippen molar-refractivity contribution in [1.82, 2.24) is 5.32 Å². The van der Waals surface area contributed by atoms with E-state index < -0.39 is 124 Å². The molecule has 3 heterocycles. The van der Waals surface area contributed by atoms with Gasteiger partial charge < -0.3 is 89.9 Å². The zero-order valence-corrected chi connectivity index (χ0v) is 51.5. The van der Waals surface area contributed by atoms with E-state index in [-0.39, 0.29) is 18.9 Å². The summed E-state index contributed by atoms with van der Waals surface area (Å²) in [7, 11) is 0. The molecule has 0 aliphatic carbocycles. The first kappa shape index (κ1) is 76.7. The summed E-state index contributed by atoms with van der Waals surface area (Å²) in [4.78, 5) is 13.3. The quantitative estimate of drug-likeness (QED) is 0.0214. The maximum absolute atomic E-state index is 13.3. The highest BCUT2D eigenvalue weighted by Crippen LogP contribution is 2.33. The topological polar surface area (TPSA) is 307 Å². The molecule has 19 heteroatoms. The number of aliphatic hydroxyl groups excluding tert-OH is 11. The summed E-state index contributed by atoms with van der Waals surface area (Å²) in [5, 5.41) is 120. The Morgan fingerprint density at radius 2 is 0.779 bits per heavy atom. The number of carbonyl (C=O) groups is 1. The second-order valence-electron chi connectivity index (χ2n) is 22.4. The third kappa shape index (κ3) is 30.8. The number of rotatable bonds is 46. The molecule has 17 atom stereocenters. The number of allylic oxidation sites excluding steroid dienone is 17. The third-order valence-corrected chi connectivity index (χ3v) is 15.3. The lowest BCUT2D eigenvalue weighted by atomic mass is 9.96. The van der Waals surface area contributed by atoms with Crippen LogP contribution < -0.4 is 5.32 Å². The van der Waals surface area contributed by atoms with E-state index in [0.29, 0.717) is 12.8 Å². The Kier molecular flexibility index (Phi) is 43.1. The Morgan fingerprint density at radius 1 is 0.419 bits per heavy atom. The molecule has 0 aromatic heterocycles. The number of unbranched alkanes of at least 4 members (excludes halogenated alkanes) is 14. The summed E-state index contributed by atoms with van der Waals surface area (Å²) >= 11 is 0. The van der Waals surface area contributed by atoms with Gasteiger partial charge in [-0.05, 0) is 89.9 Å². The van der Waals surface area contributed by atoms with Gasteiger partial charge in [-0.2, -0.15) is 0 Å². The van der Waals surface area contributed by atoms with Crippen LogP contribution in [0, 0.1) is 0 Å². The fraction of sp³-hybridized carbons (Fsp3) is 0.716. The lowest BCUT2D eigenvalue weighted by Crippen LogP contribution is -2.66. The van der Waals surface area contributed by atoms with Gasteiger partial charge in [0.25, 0.3) is 0 Å². The van der Waals surface area contributed by atoms with Crippen LogP contribution in [-0.2, 0) is 33.2 Å². The number of amides is 1. The van der Waals surface area contributed by atoms with Crippen molar-refractivity contribution in [2.75, 3.05) is 26.4 Å². The van der Waals surface area contributed by atoms with E-state index in [2.05, 4.69) is 116 Å². The van der Waals surface area contributed by atoms with Crippen molar-refractivity contribution in [2.45, 2.75) is 279 Å². The largest absolute Gasteiger partial charge is 0.394 e. The molecule has 0 saturated carbocycles. The molecule has 492 valence electrons. The van der Waals surface area contributed by atoms with Crippen LogP contribution in [0.2, 0.25) is 0 Å². The van der Waals surface area contributed by atoms with E-state index in [1.165, 1.54) is 44.9 Å². The van der Waals surface area contributed by atoms with Crippen molar-refractivity contribution < 1.29 is 89.4 Å². The van der Waals surface area contributed by atoms with Crippen molar-refractivity contribution in [1.29, 1.82) is 0 Å². The molecule has 3 saturated heterocycles. The van der Waals surface area contributed by atoms with Gasteiger partial charge in [-0.15, -0.1) is 0 Å². The highest BCUT2D eigenvalue weighted by atomic mass is 16.8. The van der Waals surface area contributed by atoms with E-state index in [0.717, 1.165) is 96.3 Å². The highest BCUT2D eigenvalue weighted by molar-refractivity contribution is 5.76. The van der Waals surface area contributed by atoms with Gasteiger partial charge in [0.1, 0.15) is 73.2 Å². The molecular formula is C67H111NO18. The van der Waals surface area contributed by atoms with Gasteiger partial charge in [0.2, 0.25) is 5.91 Å². The molecular weight excluding hydrogens is 1110 g/mol. The minimum atomic E-state index is -1.99. The van der Waals surface area contributed by atoms with Gasteiger partial charge in [-0.3, -0.25) is 4.79 Å². The number of carbonyl (C=O) groups excluding carboxylic acids is 1. The zero-order valence-electron chi connectivity index (χ0n) is 51.5. The number of nitrogens with one attached hydrogen (secondary N) is 1. The molecule has 19 nitrogen and oxygen atoms in total. The van der Waals surface area contributed by atoms with Crippen LogP contribution in [0.3, 0.4) is 0 Å². The summed E-state index contributed by atoms with van der Waals surface area (Å²) < 4.78 is 34.2. The molecule has 0 aromatic carbocycles. The Morgan fingerprint density at radius 3 is 1.26 bits per heavy atom. The highest BCUT2D eigenvalue weighted by Gasteiger charge is 2.53. The lowest BCUT2D eigenvalue weighted by molar-refractivity contribution is -0.379. The molecule has 0 spiro atoms. The second-order valence-corrected chi connectivity index (χ2v) is 22.4. The van der Waals surface area contributed by atoms with E-state index >= 15 is 0 Å². The SMILES string of the molecule is CC/C=C\C/C=C\C/C=C\C/C=C\C/C=C\C/C=C\CCCCCCCCCCCCCCC(=O)NC(COC1OC(CO)C(OC2OC(CO)C(OC3OC(CO)C(O)C(O)C3O)C(O)C2O)C(O)C1O)C(O)/C=C/CC/C=C/CC/C=C/CC. The second kappa shape index (κ2) is 48.3. The maximum Gasteiger partial charge on any atom is 0.220 e. The fourth-order valence-corrected chi connectivity index (χ4v) is 10.1. The lowest BCUT2D eigenvalue weighted by Gasteiger charge is -2.48. The zero-order chi connectivity index (χ0) is 62.6. The Bertz CT molecular complexity index is 1990. The van der Waals surface area contributed by atoms with Gasteiger partial charge in [0.05, 0.1) is 38.6 Å². The molecule has 3 fully saturated rings. The van der Waals surface area contributed by atoms with Crippen LogP contribution in [0.15, 0.2) is 109 Å². The van der Waals surface area contributed by atoms with Crippen LogP contribution in [-0.4, -0.2) is 193 Å². The number of hydrogen-bond acceptors (Lipinski definition) is 18. The van der Waals surface area contributed by atoms with Crippen molar-refractivity contribution >= 4 is 5.91 Å². The van der Waals surface area contributed by atoms with Crippen LogP contribution in [0.4, 0.5) is 0 Å². The van der Waals surface area contributed by atoms with Gasteiger partial charge >= 0.3 is 0 Å². The average Bonchev–Trinajstić information content (AvgIpc) is 1.89. The first-order valence-electron chi connectivity index (χ1n) is 32.1. The summed E-state index contributed by atoms with van der Waals surface area (Å²) in [5.41, 5.74) is 0. The average molecular weight is 1220 g/mol. The molecule has 17 unspecified atom stereocenters. The monoisotopic (exact) mass is 1220 g/mol. The van der Waals surface area contributed by atoms with E-state index in [9.17, 15) is 61.0 Å². The molecule has 0 radical (unpaired) electrons. The van der Waals surface area contributed by atoms with Crippen LogP contribution in [0.5, 0.6) is 0 Å². The van der Waals surface area contributed by atoms with Gasteiger partial charge in [-0.25, -0.2) is 0 Å². The van der Waals surface area contributed by atoms with Gasteiger partial charge in [0.15, 0.2) is 18.9 Å². The smallest absolute Gasteiger partial charge is 0.220 e. The third-order valence-electron chi connectivity index (χ3n) is 15.3. The minimum Gasteiger partial charge on any atom is -0.394 e. The van der Waals surface area contributed by atoms with Crippen molar-refractivity contribution in [3.8, 4) is 0 Å². The molecule has 3 rings (SSSR count). The molecule has 0 aromatic rings. The molecule has 12 N–H and O–H groups in total. The van der Waals surface area contributed by atoms with Crippen LogP contribution in [0.1, 0.15) is 174 Å². The first-order chi connectivity index (χ1) is 41.8. The van der Waals surface area contributed by atoms with Crippen molar-refractivity contribution in [2.24, 2.45) is 0 Å². The van der Waals surface area contributed by atoms with Crippen LogP contribution >= 0.6 is 0 Å². The number of ether oxygens (including phenoxy) is 6. The standard InChI is InChI=1S/C67H111NO18/c1-3-5-7-9-11-13-15-16-17-18-19-20-21-22-23-24-25-26-27-28-29-30-31-32-33-34-35-37-39-41-43-45-55(73)68-50(51(72)44-42-40-38-36-14-12-10-8-6-4-2)49-81-65-61(79)58(76)63(53(47-70)83-65)86-67-62(80)59(77)64(54(48-71)84-67)85-66-60(78)57(75)56(74)52(46-69)82-66/h5-8,11,13-14,16-17,19-20,22-23,25-26,36,42,44,50-54,56-67,69-72,74-80H,3-4,9-10,12,15,18,21,24,27-35,37-41,43,45-49H2,1-2H3,(H,68,73)/b7-5-,8-6+,13-11-,17-16-,20-19-,23-22-,26-25-,36-14+,44-42+. The molecule has 86 heavy (non-hydrogen) atoms. The summed E-state index contributed by atoms with van der Waals surface area (Å²) in [6.45, 7) is 1.42. The Balaban J connectivity index is 1.38. The van der Waals surface area contributed by atoms with Gasteiger partial charge in [0, 0.05) is 6.42 Å². The maximum atomic E-state index is 13.3. The van der Waals surface area contributed by atoms with Gasteiger partial charge in [-0.1, -0.05) is 187 Å². The molecule has 3 aliphatic rings.